The predicted molar refractivity (Wildman–Crippen MR) is 135 cm³/mol. The minimum atomic E-state index is -1.38. The number of carbonyl (C=O) groups is 1. The van der Waals surface area contributed by atoms with Gasteiger partial charge in [0.15, 0.2) is 5.78 Å². The topological polar surface area (TPSA) is 46.5 Å². The van der Waals surface area contributed by atoms with Crippen molar-refractivity contribution in [2.75, 3.05) is 0 Å². The molecule has 3 nitrogen and oxygen atoms in total. The van der Waals surface area contributed by atoms with E-state index >= 15 is 0 Å². The van der Waals surface area contributed by atoms with E-state index in [1.54, 1.807) is 6.92 Å². The van der Waals surface area contributed by atoms with Gasteiger partial charge in [0.25, 0.3) is 0 Å². The number of rotatable bonds is 15. The average Bonchev–Trinajstić information content (AvgIpc) is 2.76. The number of carbonyl (C=O) groups excluding carboxylic acids is 1. The highest BCUT2D eigenvalue weighted by molar-refractivity contribution is 6.10. The van der Waals surface area contributed by atoms with Crippen LogP contribution in [0.4, 0.5) is 0 Å². The summed E-state index contributed by atoms with van der Waals surface area (Å²) >= 11 is 0. The summed E-state index contributed by atoms with van der Waals surface area (Å²) in [6.07, 6.45) is 21.6. The molecule has 0 aromatic heterocycles. The minimum absolute atomic E-state index is 0.0568. The zero-order valence-corrected chi connectivity index (χ0v) is 21.8. The van der Waals surface area contributed by atoms with Crippen molar-refractivity contribution >= 4 is 5.78 Å². The van der Waals surface area contributed by atoms with Crippen LogP contribution in [0.15, 0.2) is 22.3 Å². The van der Waals surface area contributed by atoms with E-state index in [4.69, 9.17) is 4.74 Å². The van der Waals surface area contributed by atoms with Crippen LogP contribution in [0.25, 0.3) is 0 Å². The Morgan fingerprint density at radius 3 is 1.75 bits per heavy atom. The number of Topliss-reactive ketones (excluding diaryl/α,β-unsaturated/α-hetero) is 1. The fourth-order valence-electron chi connectivity index (χ4n) is 5.48. The highest BCUT2D eigenvalue weighted by Crippen LogP contribution is 2.48. The van der Waals surface area contributed by atoms with Crippen molar-refractivity contribution in [2.24, 2.45) is 0 Å². The molecule has 3 heteroatoms. The van der Waals surface area contributed by atoms with Gasteiger partial charge in [0.2, 0.25) is 5.79 Å². The van der Waals surface area contributed by atoms with Crippen molar-refractivity contribution in [1.82, 2.24) is 0 Å². The number of unbranched alkanes of at least 4 members (excludes halogenated alkanes) is 13. The van der Waals surface area contributed by atoms with Crippen molar-refractivity contribution < 1.29 is 14.6 Å². The van der Waals surface area contributed by atoms with Crippen molar-refractivity contribution in [1.29, 1.82) is 0 Å². The summed E-state index contributed by atoms with van der Waals surface area (Å²) in [6, 6.07) is 0. The van der Waals surface area contributed by atoms with Crippen LogP contribution in [0.1, 0.15) is 144 Å². The first-order valence-electron chi connectivity index (χ1n) is 13.6. The van der Waals surface area contributed by atoms with Gasteiger partial charge in [-0.3, -0.25) is 4.79 Å². The molecule has 0 bridgehead atoms. The fraction of sp³-hybridized carbons (Fsp3) is 0.828. The Morgan fingerprint density at radius 1 is 0.781 bits per heavy atom. The van der Waals surface area contributed by atoms with Gasteiger partial charge in [-0.1, -0.05) is 96.8 Å². The van der Waals surface area contributed by atoms with Crippen molar-refractivity contribution in [3.05, 3.63) is 22.3 Å². The standard InChI is InChI=1S/C29H50O3/c1-6-7-8-9-10-11-12-13-14-15-16-17-18-19-21-28(5)22-20-26-24(3)27(30)23(2)25(4)29(26,31)32-28/h31H,6-22H2,1-5H3. The molecule has 2 rings (SSSR count). The summed E-state index contributed by atoms with van der Waals surface area (Å²) in [5.41, 5.74) is 2.44. The van der Waals surface area contributed by atoms with Gasteiger partial charge in [0.05, 0.1) is 5.60 Å². The Morgan fingerprint density at radius 2 is 1.25 bits per heavy atom. The molecule has 2 aliphatic rings. The summed E-state index contributed by atoms with van der Waals surface area (Å²) in [5, 5.41) is 11.4. The molecule has 0 radical (unpaired) electrons. The quantitative estimate of drug-likeness (QED) is 0.257. The van der Waals surface area contributed by atoms with Gasteiger partial charge in [-0.15, -0.1) is 0 Å². The van der Waals surface area contributed by atoms with Crippen LogP contribution in [0.5, 0.6) is 0 Å². The molecule has 2 unspecified atom stereocenters. The third-order valence-electron chi connectivity index (χ3n) is 7.97. The smallest absolute Gasteiger partial charge is 0.213 e. The molecule has 1 N–H and O–H groups in total. The molecule has 0 spiro atoms. The summed E-state index contributed by atoms with van der Waals surface area (Å²) in [6.45, 7) is 9.90. The van der Waals surface area contributed by atoms with Gasteiger partial charge in [0.1, 0.15) is 0 Å². The summed E-state index contributed by atoms with van der Waals surface area (Å²) in [7, 11) is 0. The average molecular weight is 447 g/mol. The molecule has 32 heavy (non-hydrogen) atoms. The number of hydrogen-bond acceptors (Lipinski definition) is 3. The lowest BCUT2D eigenvalue weighted by atomic mass is 9.75. The molecule has 1 saturated heterocycles. The second-order valence-corrected chi connectivity index (χ2v) is 10.7. The molecular formula is C29H50O3. The van der Waals surface area contributed by atoms with E-state index < -0.39 is 5.79 Å². The molecule has 0 amide bonds. The fourth-order valence-corrected chi connectivity index (χ4v) is 5.48. The molecule has 2 atom stereocenters. The number of aliphatic hydroxyl groups is 1. The zero-order valence-electron chi connectivity index (χ0n) is 21.8. The van der Waals surface area contributed by atoms with Crippen molar-refractivity contribution in [3.63, 3.8) is 0 Å². The van der Waals surface area contributed by atoms with Crippen molar-refractivity contribution in [3.8, 4) is 0 Å². The first kappa shape index (κ1) is 27.3. The van der Waals surface area contributed by atoms with Crippen molar-refractivity contribution in [2.45, 2.75) is 155 Å². The largest absolute Gasteiger partial charge is 0.359 e. The van der Waals surface area contributed by atoms with Crippen LogP contribution in [0.3, 0.4) is 0 Å². The van der Waals surface area contributed by atoms with Gasteiger partial charge in [-0.25, -0.2) is 0 Å². The van der Waals surface area contributed by atoms with E-state index in [9.17, 15) is 9.90 Å². The lowest BCUT2D eigenvalue weighted by molar-refractivity contribution is -0.239. The minimum Gasteiger partial charge on any atom is -0.359 e. The molecule has 184 valence electrons. The van der Waals surface area contributed by atoms with E-state index in [2.05, 4.69) is 13.8 Å². The lowest BCUT2D eigenvalue weighted by Gasteiger charge is -2.48. The van der Waals surface area contributed by atoms with E-state index in [0.717, 1.165) is 31.3 Å². The van der Waals surface area contributed by atoms with Gasteiger partial charge < -0.3 is 9.84 Å². The van der Waals surface area contributed by atoms with E-state index in [1.807, 2.05) is 13.8 Å². The SMILES string of the molecule is CCCCCCCCCCCCCCCCC1(C)CCC2=C(C)C(=O)C(C)=C(C)C2(O)O1. The molecule has 1 aliphatic heterocycles. The lowest BCUT2D eigenvalue weighted by Crippen LogP contribution is -2.52. The highest BCUT2D eigenvalue weighted by atomic mass is 16.6. The predicted octanol–water partition coefficient (Wildman–Crippen LogP) is 8.35. The summed E-state index contributed by atoms with van der Waals surface area (Å²) in [5.74, 6) is -1.33. The van der Waals surface area contributed by atoms with Gasteiger partial charge in [-0.05, 0) is 58.1 Å². The first-order valence-corrected chi connectivity index (χ1v) is 13.6. The molecule has 1 fully saturated rings. The maximum atomic E-state index is 12.4. The van der Waals surface area contributed by atoms with Gasteiger partial charge >= 0.3 is 0 Å². The van der Waals surface area contributed by atoms with Crippen LogP contribution in [-0.4, -0.2) is 22.3 Å². The molecule has 1 aliphatic carbocycles. The number of ketones is 1. The Balaban J connectivity index is 1.60. The second-order valence-electron chi connectivity index (χ2n) is 10.7. The molecule has 1 heterocycles. The molecular weight excluding hydrogens is 396 g/mol. The Hall–Kier alpha value is -0.930. The van der Waals surface area contributed by atoms with E-state index in [1.165, 1.54) is 83.5 Å². The highest BCUT2D eigenvalue weighted by Gasteiger charge is 2.50. The monoisotopic (exact) mass is 446 g/mol. The third kappa shape index (κ3) is 7.29. The maximum Gasteiger partial charge on any atom is 0.213 e. The van der Waals surface area contributed by atoms with E-state index in [-0.39, 0.29) is 11.4 Å². The number of ether oxygens (including phenoxy) is 1. The number of allylic oxidation sites excluding steroid dienone is 2. The van der Waals surface area contributed by atoms with Crippen LogP contribution in [0, 0.1) is 0 Å². The summed E-state index contributed by atoms with van der Waals surface area (Å²) in [4.78, 5) is 12.4. The number of fused-ring (bicyclic) bond motifs is 1. The van der Waals surface area contributed by atoms with Crippen LogP contribution >= 0.6 is 0 Å². The van der Waals surface area contributed by atoms with Gasteiger partial charge in [-0.2, -0.15) is 0 Å². The Labute approximate surface area is 198 Å². The van der Waals surface area contributed by atoms with E-state index in [0.29, 0.717) is 16.7 Å². The number of hydrogen-bond donors (Lipinski definition) is 1. The normalized spacial score (nSPS) is 26.1. The second kappa shape index (κ2) is 13.1. The van der Waals surface area contributed by atoms with Crippen LogP contribution < -0.4 is 0 Å². The molecule has 0 aromatic carbocycles. The molecule has 0 saturated carbocycles. The van der Waals surface area contributed by atoms with Crippen LogP contribution in [0.2, 0.25) is 0 Å². The Bertz CT molecular complexity index is 674. The van der Waals surface area contributed by atoms with Crippen LogP contribution in [-0.2, 0) is 9.53 Å². The zero-order chi connectivity index (χ0) is 23.6. The molecule has 0 aromatic rings. The Kier molecular flexibility index (Phi) is 11.2. The third-order valence-corrected chi connectivity index (χ3v) is 7.97. The van der Waals surface area contributed by atoms with Gasteiger partial charge in [0, 0.05) is 11.1 Å². The maximum absolute atomic E-state index is 12.4. The summed E-state index contributed by atoms with van der Waals surface area (Å²) < 4.78 is 6.37. The first-order chi connectivity index (χ1) is 15.2.